The van der Waals surface area contributed by atoms with E-state index in [0.29, 0.717) is 30.5 Å². The van der Waals surface area contributed by atoms with Crippen molar-refractivity contribution in [3.05, 3.63) is 24.3 Å². The summed E-state index contributed by atoms with van der Waals surface area (Å²) in [7, 11) is 4.00. The average Bonchev–Trinajstić information content (AvgIpc) is 2.46. The number of ether oxygens (including phenoxy) is 1. The summed E-state index contributed by atoms with van der Waals surface area (Å²) in [6.45, 7) is 2.46. The summed E-state index contributed by atoms with van der Waals surface area (Å²) < 4.78 is 5.58. The van der Waals surface area contributed by atoms with E-state index in [0.717, 1.165) is 25.9 Å². The first kappa shape index (κ1) is 15.6. The predicted molar refractivity (Wildman–Crippen MR) is 84.3 cm³/mol. The van der Waals surface area contributed by atoms with Gasteiger partial charge in [-0.05, 0) is 38.6 Å². The first-order valence-electron chi connectivity index (χ1n) is 7.49. The van der Waals surface area contributed by atoms with Crippen molar-refractivity contribution in [1.29, 1.82) is 0 Å². The Hall–Kier alpha value is -1.75. The van der Waals surface area contributed by atoms with E-state index in [1.165, 1.54) is 0 Å². The van der Waals surface area contributed by atoms with Crippen LogP contribution >= 0.6 is 0 Å². The number of likely N-dealkylation sites (tertiary alicyclic amines) is 1. The van der Waals surface area contributed by atoms with Crippen molar-refractivity contribution in [1.82, 2.24) is 9.80 Å². The number of piperidine rings is 1. The van der Waals surface area contributed by atoms with Crippen LogP contribution < -0.4 is 10.5 Å². The van der Waals surface area contributed by atoms with E-state index in [2.05, 4.69) is 11.9 Å². The van der Waals surface area contributed by atoms with Crippen LogP contribution in [0.5, 0.6) is 5.75 Å². The van der Waals surface area contributed by atoms with E-state index >= 15 is 0 Å². The van der Waals surface area contributed by atoms with E-state index in [9.17, 15) is 4.79 Å². The number of benzene rings is 1. The summed E-state index contributed by atoms with van der Waals surface area (Å²) in [5.41, 5.74) is 6.36. The van der Waals surface area contributed by atoms with Crippen LogP contribution in [0, 0.1) is 0 Å². The van der Waals surface area contributed by atoms with Crippen molar-refractivity contribution in [2.75, 3.05) is 39.5 Å². The molecule has 1 atom stereocenters. The lowest BCUT2D eigenvalue weighted by Crippen LogP contribution is -2.47. The summed E-state index contributed by atoms with van der Waals surface area (Å²) >= 11 is 0. The minimum absolute atomic E-state index is 0.138. The number of hydrogen-bond acceptors (Lipinski definition) is 4. The van der Waals surface area contributed by atoms with Crippen molar-refractivity contribution >= 4 is 11.6 Å². The zero-order valence-corrected chi connectivity index (χ0v) is 12.9. The number of rotatable bonds is 5. The topological polar surface area (TPSA) is 58.8 Å². The Bertz CT molecular complexity index is 478. The van der Waals surface area contributed by atoms with Crippen molar-refractivity contribution in [2.24, 2.45) is 0 Å². The number of nitrogen functional groups attached to an aromatic ring is 1. The summed E-state index contributed by atoms with van der Waals surface area (Å²) in [4.78, 5) is 16.4. The molecule has 1 aliphatic rings. The fraction of sp³-hybridized carbons (Fsp3) is 0.562. The molecule has 0 spiro atoms. The van der Waals surface area contributed by atoms with Gasteiger partial charge >= 0.3 is 0 Å². The zero-order valence-electron chi connectivity index (χ0n) is 12.9. The molecule has 1 heterocycles. The molecule has 1 aromatic rings. The molecule has 1 aliphatic heterocycles. The first-order valence-corrected chi connectivity index (χ1v) is 7.49. The van der Waals surface area contributed by atoms with Gasteiger partial charge in [-0.15, -0.1) is 0 Å². The average molecular weight is 291 g/mol. The van der Waals surface area contributed by atoms with Gasteiger partial charge in [-0.2, -0.15) is 0 Å². The fourth-order valence-corrected chi connectivity index (χ4v) is 2.70. The molecule has 21 heavy (non-hydrogen) atoms. The standard InChI is InChI=1S/C16H25N3O2/c1-18-9-4-6-14(12-18)19(2)16(20)8-10-21-15-7-3-5-13(17)11-15/h3,5,7,11,14H,4,6,8-10,12,17H2,1-2H3. The highest BCUT2D eigenvalue weighted by atomic mass is 16.5. The lowest BCUT2D eigenvalue weighted by atomic mass is 10.0. The van der Waals surface area contributed by atoms with Crippen LogP contribution in [0.2, 0.25) is 0 Å². The molecule has 0 aliphatic carbocycles. The largest absolute Gasteiger partial charge is 0.493 e. The second-order valence-corrected chi connectivity index (χ2v) is 5.73. The molecule has 5 heteroatoms. The van der Waals surface area contributed by atoms with Crippen LogP contribution in [0.1, 0.15) is 19.3 Å². The third-order valence-corrected chi connectivity index (χ3v) is 3.98. The second-order valence-electron chi connectivity index (χ2n) is 5.73. The van der Waals surface area contributed by atoms with Gasteiger partial charge in [0.1, 0.15) is 5.75 Å². The molecule has 1 saturated heterocycles. The van der Waals surface area contributed by atoms with Crippen molar-refractivity contribution < 1.29 is 9.53 Å². The minimum Gasteiger partial charge on any atom is -0.493 e. The smallest absolute Gasteiger partial charge is 0.226 e. The third-order valence-electron chi connectivity index (χ3n) is 3.98. The van der Waals surface area contributed by atoms with Gasteiger partial charge in [0.05, 0.1) is 13.0 Å². The summed E-state index contributed by atoms with van der Waals surface area (Å²) in [5.74, 6) is 0.849. The minimum atomic E-state index is 0.138. The normalized spacial score (nSPS) is 19.2. The molecule has 0 bridgehead atoms. The molecule has 1 amide bonds. The van der Waals surface area contributed by atoms with Crippen LogP contribution in [0.4, 0.5) is 5.69 Å². The van der Waals surface area contributed by atoms with Crippen LogP contribution in [0.3, 0.4) is 0 Å². The Balaban J connectivity index is 1.76. The highest BCUT2D eigenvalue weighted by molar-refractivity contribution is 5.76. The van der Waals surface area contributed by atoms with Crippen molar-refractivity contribution in [3.8, 4) is 5.75 Å². The van der Waals surface area contributed by atoms with E-state index in [1.807, 2.05) is 30.1 Å². The lowest BCUT2D eigenvalue weighted by molar-refractivity contribution is -0.133. The summed E-state index contributed by atoms with van der Waals surface area (Å²) in [5, 5.41) is 0. The van der Waals surface area contributed by atoms with Crippen LogP contribution in [-0.4, -0.2) is 55.5 Å². The van der Waals surface area contributed by atoms with Crippen LogP contribution in [0.25, 0.3) is 0 Å². The monoisotopic (exact) mass is 291 g/mol. The highest BCUT2D eigenvalue weighted by Gasteiger charge is 2.24. The number of likely N-dealkylation sites (N-methyl/N-ethyl adjacent to an activating group) is 2. The van der Waals surface area contributed by atoms with Gasteiger partial charge in [0.15, 0.2) is 0 Å². The molecular weight excluding hydrogens is 266 g/mol. The Kier molecular flexibility index (Phi) is 5.44. The van der Waals surface area contributed by atoms with Gasteiger partial charge in [0, 0.05) is 31.4 Å². The molecule has 0 saturated carbocycles. The Morgan fingerprint density at radius 1 is 1.52 bits per heavy atom. The molecule has 0 aromatic heterocycles. The Morgan fingerprint density at radius 2 is 2.33 bits per heavy atom. The van der Waals surface area contributed by atoms with E-state index < -0.39 is 0 Å². The SMILES string of the molecule is CN1CCCC(N(C)C(=O)CCOc2cccc(N)c2)C1. The van der Waals surface area contributed by atoms with Gasteiger partial charge in [-0.3, -0.25) is 4.79 Å². The maximum atomic E-state index is 12.2. The molecule has 5 nitrogen and oxygen atoms in total. The van der Waals surface area contributed by atoms with Crippen LogP contribution in [0.15, 0.2) is 24.3 Å². The lowest BCUT2D eigenvalue weighted by Gasteiger charge is -2.35. The molecule has 2 rings (SSSR count). The van der Waals surface area contributed by atoms with E-state index in [4.69, 9.17) is 10.5 Å². The number of carbonyl (C=O) groups excluding carboxylic acids is 1. The van der Waals surface area contributed by atoms with Crippen molar-refractivity contribution in [2.45, 2.75) is 25.3 Å². The quantitative estimate of drug-likeness (QED) is 0.837. The Labute approximate surface area is 126 Å². The number of nitrogens with zero attached hydrogens (tertiary/aromatic N) is 2. The number of amides is 1. The first-order chi connectivity index (χ1) is 10.1. The molecule has 2 N–H and O–H groups in total. The third kappa shape index (κ3) is 4.63. The summed E-state index contributed by atoms with van der Waals surface area (Å²) in [6, 6.07) is 7.59. The molecular formula is C16H25N3O2. The maximum Gasteiger partial charge on any atom is 0.226 e. The van der Waals surface area contributed by atoms with Gasteiger partial charge < -0.3 is 20.3 Å². The van der Waals surface area contributed by atoms with Gasteiger partial charge in [-0.25, -0.2) is 0 Å². The van der Waals surface area contributed by atoms with Gasteiger partial charge in [0.25, 0.3) is 0 Å². The van der Waals surface area contributed by atoms with Crippen molar-refractivity contribution in [3.63, 3.8) is 0 Å². The van der Waals surface area contributed by atoms with E-state index in [1.54, 1.807) is 6.07 Å². The Morgan fingerprint density at radius 3 is 3.05 bits per heavy atom. The molecule has 1 aromatic carbocycles. The van der Waals surface area contributed by atoms with Crippen LogP contribution in [-0.2, 0) is 4.79 Å². The number of nitrogens with two attached hydrogens (primary N) is 1. The second kappa shape index (κ2) is 7.31. The summed E-state index contributed by atoms with van der Waals surface area (Å²) in [6.07, 6.45) is 2.63. The zero-order chi connectivity index (χ0) is 15.2. The number of carbonyl (C=O) groups is 1. The molecule has 116 valence electrons. The van der Waals surface area contributed by atoms with E-state index in [-0.39, 0.29) is 5.91 Å². The highest BCUT2D eigenvalue weighted by Crippen LogP contribution is 2.16. The predicted octanol–water partition coefficient (Wildman–Crippen LogP) is 1.59. The number of hydrogen-bond donors (Lipinski definition) is 1. The molecule has 0 radical (unpaired) electrons. The van der Waals surface area contributed by atoms with Gasteiger partial charge in [-0.1, -0.05) is 6.07 Å². The number of anilines is 1. The molecule has 1 unspecified atom stereocenters. The molecule has 1 fully saturated rings. The maximum absolute atomic E-state index is 12.2. The fourth-order valence-electron chi connectivity index (χ4n) is 2.70. The van der Waals surface area contributed by atoms with Gasteiger partial charge in [0.2, 0.25) is 5.91 Å².